The zero-order valence-corrected chi connectivity index (χ0v) is 13.8. The second kappa shape index (κ2) is 7.77. The smallest absolute Gasteiger partial charge is 0.243 e. The molecule has 3 aromatic rings. The molecule has 25 heavy (non-hydrogen) atoms. The number of rotatable bonds is 5. The maximum absolute atomic E-state index is 13.0. The van der Waals surface area contributed by atoms with Crippen LogP contribution in [0, 0.1) is 5.82 Å². The van der Waals surface area contributed by atoms with Crippen molar-refractivity contribution in [3.63, 3.8) is 0 Å². The van der Waals surface area contributed by atoms with Crippen LogP contribution in [0.25, 0.3) is 0 Å². The Balaban J connectivity index is 1.73. The summed E-state index contributed by atoms with van der Waals surface area (Å²) in [5.74, 6) is 0.0370. The lowest BCUT2D eigenvalue weighted by molar-refractivity contribution is -0.115. The summed E-state index contributed by atoms with van der Waals surface area (Å²) >= 11 is 6.07. The summed E-state index contributed by atoms with van der Waals surface area (Å²) in [6.07, 6.45) is 1.67. The number of carbonyl (C=O) groups excluding carboxylic acids is 1. The molecule has 1 heterocycles. The predicted molar refractivity (Wildman–Crippen MR) is 94.5 cm³/mol. The van der Waals surface area contributed by atoms with Gasteiger partial charge >= 0.3 is 0 Å². The first-order chi connectivity index (χ1) is 12.1. The van der Waals surface area contributed by atoms with Gasteiger partial charge in [0.2, 0.25) is 11.8 Å². The standard InChI is InChI=1S/C19H14ClFN2O2/c20-16-5-2-1-4-13(16)12-18(24)23-17-6-3-11-22-19(17)25-15-9-7-14(21)8-10-15/h1-11H,12H2,(H,23,24). The SMILES string of the molecule is O=C(Cc1ccccc1Cl)Nc1cccnc1Oc1ccc(F)cc1. The van der Waals surface area contributed by atoms with E-state index in [1.165, 1.54) is 24.3 Å². The predicted octanol–water partition coefficient (Wildman–Crippen LogP) is 4.85. The summed E-state index contributed by atoms with van der Waals surface area (Å²) in [4.78, 5) is 16.4. The van der Waals surface area contributed by atoms with Crippen molar-refractivity contribution in [2.45, 2.75) is 6.42 Å². The van der Waals surface area contributed by atoms with Crippen molar-refractivity contribution in [1.82, 2.24) is 4.98 Å². The zero-order valence-electron chi connectivity index (χ0n) is 13.1. The molecule has 6 heteroatoms. The van der Waals surface area contributed by atoms with Gasteiger partial charge in [-0.1, -0.05) is 29.8 Å². The first-order valence-corrected chi connectivity index (χ1v) is 7.91. The minimum atomic E-state index is -0.360. The molecule has 2 aromatic carbocycles. The number of aromatic nitrogens is 1. The molecule has 1 amide bonds. The molecule has 3 rings (SSSR count). The third kappa shape index (κ3) is 4.55. The fourth-order valence-corrected chi connectivity index (χ4v) is 2.39. The van der Waals surface area contributed by atoms with Crippen LogP contribution in [0.15, 0.2) is 66.9 Å². The Morgan fingerprint density at radius 3 is 2.60 bits per heavy atom. The van der Waals surface area contributed by atoms with E-state index in [-0.39, 0.29) is 24.0 Å². The Hall–Kier alpha value is -2.92. The van der Waals surface area contributed by atoms with Crippen molar-refractivity contribution >= 4 is 23.2 Å². The molecular weight excluding hydrogens is 343 g/mol. The van der Waals surface area contributed by atoms with Crippen molar-refractivity contribution in [2.75, 3.05) is 5.32 Å². The van der Waals surface area contributed by atoms with Gasteiger partial charge in [-0.25, -0.2) is 9.37 Å². The Morgan fingerprint density at radius 2 is 1.84 bits per heavy atom. The molecule has 4 nitrogen and oxygen atoms in total. The number of amides is 1. The Morgan fingerprint density at radius 1 is 1.08 bits per heavy atom. The van der Waals surface area contributed by atoms with E-state index in [1.54, 1.807) is 36.5 Å². The second-order valence-corrected chi connectivity index (χ2v) is 5.64. The summed E-state index contributed by atoms with van der Waals surface area (Å²) in [7, 11) is 0. The lowest BCUT2D eigenvalue weighted by Crippen LogP contribution is -2.15. The molecule has 0 aliphatic heterocycles. The normalized spacial score (nSPS) is 10.3. The highest BCUT2D eigenvalue weighted by molar-refractivity contribution is 6.31. The van der Waals surface area contributed by atoms with Crippen LogP contribution in [0.3, 0.4) is 0 Å². The zero-order chi connectivity index (χ0) is 17.6. The maximum atomic E-state index is 13.0. The van der Waals surface area contributed by atoms with Crippen molar-refractivity contribution < 1.29 is 13.9 Å². The van der Waals surface area contributed by atoms with Crippen LogP contribution < -0.4 is 10.1 Å². The molecule has 0 aliphatic rings. The molecule has 1 aromatic heterocycles. The van der Waals surface area contributed by atoms with Gasteiger partial charge in [0.15, 0.2) is 0 Å². The molecule has 0 unspecified atom stereocenters. The molecule has 0 saturated heterocycles. The number of nitrogens with zero attached hydrogens (tertiary/aromatic N) is 1. The number of halogens is 2. The summed E-state index contributed by atoms with van der Waals surface area (Å²) in [6, 6.07) is 16.1. The average Bonchev–Trinajstić information content (AvgIpc) is 2.61. The molecule has 1 N–H and O–H groups in total. The van der Waals surface area contributed by atoms with Gasteiger partial charge in [-0.15, -0.1) is 0 Å². The number of pyridine rings is 1. The van der Waals surface area contributed by atoms with Crippen LogP contribution in [0.1, 0.15) is 5.56 Å². The van der Waals surface area contributed by atoms with Crippen LogP contribution in [0.2, 0.25) is 5.02 Å². The molecule has 0 bridgehead atoms. The average molecular weight is 357 g/mol. The molecule has 0 fully saturated rings. The van der Waals surface area contributed by atoms with Gasteiger partial charge < -0.3 is 10.1 Å². The number of hydrogen-bond acceptors (Lipinski definition) is 3. The number of nitrogens with one attached hydrogen (secondary N) is 1. The van der Waals surface area contributed by atoms with Crippen LogP contribution in [0.5, 0.6) is 11.6 Å². The topological polar surface area (TPSA) is 51.2 Å². The Kier molecular flexibility index (Phi) is 5.26. The number of ether oxygens (including phenoxy) is 1. The number of hydrogen-bond donors (Lipinski definition) is 1. The number of anilines is 1. The van der Waals surface area contributed by atoms with Gasteiger partial charge in [0.1, 0.15) is 17.3 Å². The van der Waals surface area contributed by atoms with E-state index in [9.17, 15) is 9.18 Å². The quantitative estimate of drug-likeness (QED) is 0.711. The first-order valence-electron chi connectivity index (χ1n) is 7.53. The van der Waals surface area contributed by atoms with Gasteiger partial charge in [0, 0.05) is 11.2 Å². The van der Waals surface area contributed by atoms with E-state index in [0.717, 1.165) is 5.56 Å². The Labute approximate surface area is 149 Å². The second-order valence-electron chi connectivity index (χ2n) is 5.23. The van der Waals surface area contributed by atoms with Crippen molar-refractivity contribution in [3.05, 3.63) is 83.3 Å². The van der Waals surface area contributed by atoms with Crippen LogP contribution in [-0.2, 0) is 11.2 Å². The highest BCUT2D eigenvalue weighted by atomic mass is 35.5. The van der Waals surface area contributed by atoms with Crippen molar-refractivity contribution in [2.24, 2.45) is 0 Å². The number of benzene rings is 2. The van der Waals surface area contributed by atoms with Gasteiger partial charge in [0.05, 0.1) is 6.42 Å². The molecule has 0 aliphatic carbocycles. The van der Waals surface area contributed by atoms with Crippen LogP contribution in [-0.4, -0.2) is 10.9 Å². The van der Waals surface area contributed by atoms with Gasteiger partial charge in [-0.05, 0) is 48.0 Å². The molecule has 0 atom stereocenters. The highest BCUT2D eigenvalue weighted by Crippen LogP contribution is 2.27. The molecular formula is C19H14ClFN2O2. The minimum absolute atomic E-state index is 0.130. The fraction of sp³-hybridized carbons (Fsp3) is 0.0526. The molecule has 0 saturated carbocycles. The maximum Gasteiger partial charge on any atom is 0.243 e. The Bertz CT molecular complexity index is 885. The van der Waals surface area contributed by atoms with E-state index in [1.807, 2.05) is 6.07 Å². The third-order valence-electron chi connectivity index (χ3n) is 3.38. The minimum Gasteiger partial charge on any atom is -0.437 e. The van der Waals surface area contributed by atoms with Crippen LogP contribution >= 0.6 is 11.6 Å². The van der Waals surface area contributed by atoms with Crippen molar-refractivity contribution in [1.29, 1.82) is 0 Å². The van der Waals surface area contributed by atoms with Gasteiger partial charge in [-0.2, -0.15) is 0 Å². The highest BCUT2D eigenvalue weighted by Gasteiger charge is 2.12. The largest absolute Gasteiger partial charge is 0.437 e. The van der Waals surface area contributed by atoms with E-state index < -0.39 is 0 Å². The van der Waals surface area contributed by atoms with E-state index in [0.29, 0.717) is 16.5 Å². The molecule has 0 radical (unpaired) electrons. The third-order valence-corrected chi connectivity index (χ3v) is 3.75. The fourth-order valence-electron chi connectivity index (χ4n) is 2.19. The van der Waals surface area contributed by atoms with E-state index in [4.69, 9.17) is 16.3 Å². The lowest BCUT2D eigenvalue weighted by Gasteiger charge is -2.11. The van der Waals surface area contributed by atoms with Crippen LogP contribution in [0.4, 0.5) is 10.1 Å². The van der Waals surface area contributed by atoms with E-state index >= 15 is 0 Å². The van der Waals surface area contributed by atoms with Gasteiger partial charge in [0.25, 0.3) is 0 Å². The number of carbonyl (C=O) groups is 1. The first kappa shape index (κ1) is 16.9. The summed E-state index contributed by atoms with van der Waals surface area (Å²) in [6.45, 7) is 0. The molecule has 126 valence electrons. The summed E-state index contributed by atoms with van der Waals surface area (Å²) in [5.41, 5.74) is 1.15. The summed E-state index contributed by atoms with van der Waals surface area (Å²) in [5, 5.41) is 3.29. The van der Waals surface area contributed by atoms with Gasteiger partial charge in [-0.3, -0.25) is 4.79 Å². The lowest BCUT2D eigenvalue weighted by atomic mass is 10.1. The summed E-state index contributed by atoms with van der Waals surface area (Å²) < 4.78 is 18.6. The van der Waals surface area contributed by atoms with Crippen molar-refractivity contribution in [3.8, 4) is 11.6 Å². The van der Waals surface area contributed by atoms with E-state index in [2.05, 4.69) is 10.3 Å². The monoisotopic (exact) mass is 356 g/mol. The molecule has 0 spiro atoms.